The van der Waals surface area contributed by atoms with Crippen molar-refractivity contribution < 1.29 is 0 Å². The van der Waals surface area contributed by atoms with Gasteiger partial charge in [-0.05, 0) is 94.4 Å². The highest BCUT2D eigenvalue weighted by Gasteiger charge is 2.30. The minimum Gasteiger partial charge on any atom is -0.0914 e. The summed E-state index contributed by atoms with van der Waals surface area (Å²) in [5, 5.41) is 0. The van der Waals surface area contributed by atoms with Crippen molar-refractivity contribution in [1.29, 1.82) is 0 Å². The molecule has 0 aliphatic heterocycles. The van der Waals surface area contributed by atoms with Gasteiger partial charge >= 0.3 is 0 Å². The lowest BCUT2D eigenvalue weighted by atomic mass is 9.68. The van der Waals surface area contributed by atoms with Crippen molar-refractivity contribution in [3.8, 4) is 0 Å². The number of hydrogen-bond acceptors (Lipinski definition) is 0. The number of allylic oxidation sites excluding steroid dienone is 2. The van der Waals surface area contributed by atoms with Crippen LogP contribution >= 0.6 is 0 Å². The molecule has 0 heteroatoms. The summed E-state index contributed by atoms with van der Waals surface area (Å²) in [4.78, 5) is 0. The molecule has 2 fully saturated rings. The fourth-order valence-electron chi connectivity index (χ4n) is 4.84. The van der Waals surface area contributed by atoms with Gasteiger partial charge in [0.2, 0.25) is 0 Å². The molecule has 1 aromatic carbocycles. The number of aryl methyl sites for hydroxylation is 1. The molecule has 0 bridgehead atoms. The molecule has 2 aliphatic carbocycles. The number of benzene rings is 1. The first-order valence-corrected chi connectivity index (χ1v) is 9.45. The van der Waals surface area contributed by atoms with Gasteiger partial charge in [-0.2, -0.15) is 0 Å². The molecule has 22 heavy (non-hydrogen) atoms. The van der Waals surface area contributed by atoms with E-state index in [-0.39, 0.29) is 0 Å². The highest BCUT2D eigenvalue weighted by molar-refractivity contribution is 5.24. The van der Waals surface area contributed by atoms with Gasteiger partial charge in [0, 0.05) is 0 Å². The van der Waals surface area contributed by atoms with Crippen LogP contribution in [0.3, 0.4) is 0 Å². The predicted octanol–water partition coefficient (Wildman–Crippen LogP) is 6.65. The Morgan fingerprint density at radius 1 is 0.773 bits per heavy atom. The monoisotopic (exact) mass is 296 g/mol. The molecule has 0 heterocycles. The van der Waals surface area contributed by atoms with E-state index in [0.717, 1.165) is 23.7 Å². The normalized spacial score (nSPS) is 33.2. The highest BCUT2D eigenvalue weighted by atomic mass is 14.4. The van der Waals surface area contributed by atoms with Crippen LogP contribution in [0.5, 0.6) is 0 Å². The fourth-order valence-corrected chi connectivity index (χ4v) is 4.84. The molecule has 0 amide bonds. The average molecular weight is 296 g/mol. The summed E-state index contributed by atoms with van der Waals surface area (Å²) in [6.07, 6.45) is 16.3. The maximum absolute atomic E-state index is 2.44. The summed E-state index contributed by atoms with van der Waals surface area (Å²) in [5.74, 6) is 3.76. The Hall–Kier alpha value is -1.04. The van der Waals surface area contributed by atoms with Crippen LogP contribution in [0.2, 0.25) is 0 Å². The molecule has 0 aromatic heterocycles. The third kappa shape index (κ3) is 3.83. The topological polar surface area (TPSA) is 0 Å². The number of hydrogen-bond donors (Lipinski definition) is 0. The molecule has 2 aliphatic rings. The fraction of sp³-hybridized carbons (Fsp3) is 0.636. The van der Waals surface area contributed by atoms with Crippen LogP contribution in [0.4, 0.5) is 0 Å². The summed E-state index contributed by atoms with van der Waals surface area (Å²) in [6, 6.07) is 9.29. The van der Waals surface area contributed by atoms with Crippen molar-refractivity contribution in [2.24, 2.45) is 17.8 Å². The van der Waals surface area contributed by atoms with Gasteiger partial charge in [-0.1, -0.05) is 42.0 Å². The van der Waals surface area contributed by atoms with Gasteiger partial charge < -0.3 is 0 Å². The predicted molar refractivity (Wildman–Crippen MR) is 96.1 cm³/mol. The van der Waals surface area contributed by atoms with E-state index in [1.165, 1.54) is 56.9 Å². The number of rotatable bonds is 3. The van der Waals surface area contributed by atoms with E-state index >= 15 is 0 Å². The minimum atomic E-state index is 0.830. The summed E-state index contributed by atoms with van der Waals surface area (Å²) in [6.45, 7) is 4.35. The minimum absolute atomic E-state index is 0.830. The second-order valence-electron chi connectivity index (χ2n) is 7.72. The summed E-state index contributed by atoms with van der Waals surface area (Å²) < 4.78 is 0. The van der Waals surface area contributed by atoms with Gasteiger partial charge in [-0.15, -0.1) is 0 Å². The largest absolute Gasteiger partial charge is 0.0914 e. The molecule has 0 unspecified atom stereocenters. The second-order valence-corrected chi connectivity index (χ2v) is 7.72. The quantitative estimate of drug-likeness (QED) is 0.548. The van der Waals surface area contributed by atoms with Crippen LogP contribution in [0.1, 0.15) is 75.3 Å². The Labute approximate surface area is 137 Å². The molecular weight excluding hydrogens is 264 g/mol. The van der Waals surface area contributed by atoms with Gasteiger partial charge in [-0.25, -0.2) is 0 Å². The van der Waals surface area contributed by atoms with Crippen LogP contribution in [0.15, 0.2) is 36.4 Å². The molecular formula is C22H32. The van der Waals surface area contributed by atoms with E-state index in [0.29, 0.717) is 0 Å². The van der Waals surface area contributed by atoms with Crippen molar-refractivity contribution in [3.63, 3.8) is 0 Å². The molecule has 0 radical (unpaired) electrons. The third-order valence-electron chi connectivity index (χ3n) is 6.27. The zero-order valence-electron chi connectivity index (χ0n) is 14.4. The van der Waals surface area contributed by atoms with Gasteiger partial charge in [0.05, 0.1) is 0 Å². The second kappa shape index (κ2) is 7.49. The third-order valence-corrected chi connectivity index (χ3v) is 6.27. The van der Waals surface area contributed by atoms with E-state index < -0.39 is 0 Å². The van der Waals surface area contributed by atoms with Crippen LogP contribution in [0.25, 0.3) is 0 Å². The standard InChI is InChI=1S/C22H32/c1-3-4-18-7-11-20(12-8-18)22-15-13-21(14-16-22)19-9-5-17(2)6-10-19/h3-6,9-10,18,20-22H,7-8,11-16H2,1-2H3/b4-3+/t18-,20-,21?,22?. The molecule has 3 rings (SSSR count). The van der Waals surface area contributed by atoms with Gasteiger partial charge in [-0.3, -0.25) is 0 Å². The molecule has 0 nitrogen and oxygen atoms in total. The summed E-state index contributed by atoms with van der Waals surface area (Å²) in [7, 11) is 0. The van der Waals surface area contributed by atoms with Gasteiger partial charge in [0.25, 0.3) is 0 Å². The molecule has 0 spiro atoms. The lowest BCUT2D eigenvalue weighted by Gasteiger charge is -2.37. The first kappa shape index (κ1) is 15.8. The van der Waals surface area contributed by atoms with E-state index in [1.807, 2.05) is 0 Å². The average Bonchev–Trinajstić information content (AvgIpc) is 2.57. The first-order chi connectivity index (χ1) is 10.8. The van der Waals surface area contributed by atoms with Crippen molar-refractivity contribution in [2.45, 2.75) is 71.1 Å². The molecule has 0 saturated heterocycles. The SMILES string of the molecule is C/C=C/[C@H]1CC[C@H](C2CCC(c3ccc(C)cc3)CC2)CC1. The molecule has 120 valence electrons. The molecule has 0 N–H and O–H groups in total. The summed E-state index contributed by atoms with van der Waals surface area (Å²) in [5.41, 5.74) is 2.97. The Bertz CT molecular complexity index is 465. The Kier molecular flexibility index (Phi) is 5.39. The summed E-state index contributed by atoms with van der Waals surface area (Å²) >= 11 is 0. The molecule has 0 atom stereocenters. The van der Waals surface area contributed by atoms with E-state index in [4.69, 9.17) is 0 Å². The van der Waals surface area contributed by atoms with Crippen molar-refractivity contribution in [2.75, 3.05) is 0 Å². The Morgan fingerprint density at radius 2 is 1.32 bits per heavy atom. The smallest absolute Gasteiger partial charge is 0.0162 e. The maximum atomic E-state index is 2.44. The van der Waals surface area contributed by atoms with E-state index in [9.17, 15) is 0 Å². The van der Waals surface area contributed by atoms with Crippen LogP contribution in [-0.2, 0) is 0 Å². The molecule has 1 aromatic rings. The Balaban J connectivity index is 1.49. The van der Waals surface area contributed by atoms with Gasteiger partial charge in [0.15, 0.2) is 0 Å². The van der Waals surface area contributed by atoms with Crippen LogP contribution < -0.4 is 0 Å². The van der Waals surface area contributed by atoms with Crippen molar-refractivity contribution in [3.05, 3.63) is 47.5 Å². The van der Waals surface area contributed by atoms with E-state index in [1.54, 1.807) is 5.56 Å². The van der Waals surface area contributed by atoms with E-state index in [2.05, 4.69) is 50.3 Å². The lowest BCUT2D eigenvalue weighted by molar-refractivity contribution is 0.171. The Morgan fingerprint density at radius 3 is 1.86 bits per heavy atom. The van der Waals surface area contributed by atoms with Crippen LogP contribution in [-0.4, -0.2) is 0 Å². The lowest BCUT2D eigenvalue weighted by Crippen LogP contribution is -2.25. The molecule has 2 saturated carbocycles. The van der Waals surface area contributed by atoms with Crippen molar-refractivity contribution in [1.82, 2.24) is 0 Å². The highest BCUT2D eigenvalue weighted by Crippen LogP contribution is 2.44. The van der Waals surface area contributed by atoms with Crippen LogP contribution in [0, 0.1) is 24.7 Å². The maximum Gasteiger partial charge on any atom is -0.0162 e. The zero-order valence-corrected chi connectivity index (χ0v) is 14.4. The zero-order chi connectivity index (χ0) is 15.4. The first-order valence-electron chi connectivity index (χ1n) is 9.45. The van der Waals surface area contributed by atoms with Crippen molar-refractivity contribution >= 4 is 0 Å². The van der Waals surface area contributed by atoms with Gasteiger partial charge in [0.1, 0.15) is 0 Å².